The fraction of sp³-hybridized carbons (Fsp3) is 0.143. The summed E-state index contributed by atoms with van der Waals surface area (Å²) >= 11 is 6.10. The molecule has 0 bridgehead atoms. The maximum Gasteiger partial charge on any atom is 0.124 e. The summed E-state index contributed by atoms with van der Waals surface area (Å²) in [6.45, 7) is 0. The van der Waals surface area contributed by atoms with Gasteiger partial charge in [0.25, 0.3) is 0 Å². The molecule has 18 heavy (non-hydrogen) atoms. The normalized spacial score (nSPS) is 9.94. The molecule has 0 aliphatic heterocycles. The molecule has 2 aromatic rings. The van der Waals surface area contributed by atoms with Crippen molar-refractivity contribution >= 4 is 23.0 Å². The van der Waals surface area contributed by atoms with Crippen LogP contribution >= 0.6 is 11.6 Å². The first-order valence-electron chi connectivity index (χ1n) is 5.47. The van der Waals surface area contributed by atoms with Gasteiger partial charge in [-0.15, -0.1) is 0 Å². The van der Waals surface area contributed by atoms with E-state index in [9.17, 15) is 0 Å². The summed E-state index contributed by atoms with van der Waals surface area (Å²) in [4.78, 5) is 0. The average molecular weight is 264 g/mol. The van der Waals surface area contributed by atoms with Gasteiger partial charge in [-0.3, -0.25) is 0 Å². The predicted molar refractivity (Wildman–Crippen MR) is 74.3 cm³/mol. The molecule has 0 aliphatic carbocycles. The molecule has 0 saturated carbocycles. The van der Waals surface area contributed by atoms with Crippen molar-refractivity contribution in [1.82, 2.24) is 0 Å². The third-order valence-corrected chi connectivity index (χ3v) is 2.83. The van der Waals surface area contributed by atoms with Crippen molar-refractivity contribution in [2.24, 2.45) is 0 Å². The van der Waals surface area contributed by atoms with E-state index in [4.69, 9.17) is 21.1 Å². The predicted octanol–water partition coefficient (Wildman–Crippen LogP) is 4.10. The molecule has 2 aromatic carbocycles. The number of halogens is 1. The largest absolute Gasteiger partial charge is 0.497 e. The molecule has 0 unspecified atom stereocenters. The Morgan fingerprint density at radius 3 is 2.11 bits per heavy atom. The number of methoxy groups -OCH3 is 2. The SMILES string of the molecule is COc1cc(Nc2ccccc2Cl)cc(OC)c1. The zero-order valence-electron chi connectivity index (χ0n) is 10.2. The van der Waals surface area contributed by atoms with Crippen molar-refractivity contribution < 1.29 is 9.47 Å². The van der Waals surface area contributed by atoms with Gasteiger partial charge in [0.1, 0.15) is 11.5 Å². The lowest BCUT2D eigenvalue weighted by Crippen LogP contribution is -1.94. The molecular weight excluding hydrogens is 250 g/mol. The van der Waals surface area contributed by atoms with Gasteiger partial charge in [0, 0.05) is 23.9 Å². The maximum absolute atomic E-state index is 6.10. The van der Waals surface area contributed by atoms with Gasteiger partial charge in [-0.05, 0) is 12.1 Å². The molecule has 0 aliphatic rings. The van der Waals surface area contributed by atoms with E-state index in [0.29, 0.717) is 5.02 Å². The molecule has 2 rings (SSSR count). The number of anilines is 2. The zero-order valence-corrected chi connectivity index (χ0v) is 11.0. The van der Waals surface area contributed by atoms with Gasteiger partial charge < -0.3 is 14.8 Å². The highest BCUT2D eigenvalue weighted by molar-refractivity contribution is 6.33. The molecule has 0 saturated heterocycles. The minimum absolute atomic E-state index is 0.666. The van der Waals surface area contributed by atoms with Gasteiger partial charge in [-0.1, -0.05) is 23.7 Å². The Hall–Kier alpha value is -1.87. The van der Waals surface area contributed by atoms with E-state index in [1.807, 2.05) is 42.5 Å². The lowest BCUT2D eigenvalue weighted by Gasteiger charge is -2.11. The van der Waals surface area contributed by atoms with Crippen molar-refractivity contribution in [2.75, 3.05) is 19.5 Å². The second-order valence-corrected chi connectivity index (χ2v) is 4.11. The van der Waals surface area contributed by atoms with Crippen LogP contribution in [0.1, 0.15) is 0 Å². The van der Waals surface area contributed by atoms with Crippen LogP contribution in [-0.4, -0.2) is 14.2 Å². The first-order valence-corrected chi connectivity index (χ1v) is 5.85. The van der Waals surface area contributed by atoms with Crippen molar-refractivity contribution in [3.63, 3.8) is 0 Å². The molecule has 0 amide bonds. The van der Waals surface area contributed by atoms with E-state index in [2.05, 4.69) is 5.32 Å². The summed E-state index contributed by atoms with van der Waals surface area (Å²) in [6.07, 6.45) is 0. The second kappa shape index (κ2) is 5.65. The molecule has 0 fully saturated rings. The number of hydrogen-bond donors (Lipinski definition) is 1. The molecule has 0 atom stereocenters. The number of benzene rings is 2. The molecule has 4 heteroatoms. The highest BCUT2D eigenvalue weighted by Gasteiger charge is 2.04. The molecule has 0 spiro atoms. The second-order valence-electron chi connectivity index (χ2n) is 3.71. The molecule has 1 N–H and O–H groups in total. The molecule has 0 heterocycles. The number of rotatable bonds is 4. The van der Waals surface area contributed by atoms with Crippen molar-refractivity contribution in [3.05, 3.63) is 47.5 Å². The van der Waals surface area contributed by atoms with Crippen LogP contribution in [0.3, 0.4) is 0 Å². The maximum atomic E-state index is 6.10. The Labute approximate surface area is 111 Å². The van der Waals surface area contributed by atoms with Crippen LogP contribution in [0, 0.1) is 0 Å². The van der Waals surface area contributed by atoms with Crippen LogP contribution in [0.5, 0.6) is 11.5 Å². The monoisotopic (exact) mass is 263 g/mol. The molecule has 0 radical (unpaired) electrons. The summed E-state index contributed by atoms with van der Waals surface area (Å²) in [6, 6.07) is 13.1. The number of para-hydroxylation sites is 1. The van der Waals surface area contributed by atoms with Crippen LogP contribution in [0.15, 0.2) is 42.5 Å². The highest BCUT2D eigenvalue weighted by atomic mass is 35.5. The fourth-order valence-corrected chi connectivity index (χ4v) is 1.78. The van der Waals surface area contributed by atoms with E-state index >= 15 is 0 Å². The van der Waals surface area contributed by atoms with Crippen LogP contribution in [0.2, 0.25) is 5.02 Å². The Morgan fingerprint density at radius 2 is 1.56 bits per heavy atom. The summed E-state index contributed by atoms with van der Waals surface area (Å²) in [5.74, 6) is 1.45. The van der Waals surface area contributed by atoms with Crippen molar-refractivity contribution in [1.29, 1.82) is 0 Å². The van der Waals surface area contributed by atoms with E-state index in [0.717, 1.165) is 22.9 Å². The average Bonchev–Trinajstić information content (AvgIpc) is 2.41. The molecule has 0 aromatic heterocycles. The topological polar surface area (TPSA) is 30.5 Å². The zero-order chi connectivity index (χ0) is 13.0. The lowest BCUT2D eigenvalue weighted by atomic mass is 10.2. The molecule has 94 valence electrons. The molecular formula is C14H14ClNO2. The van der Waals surface area contributed by atoms with Gasteiger partial charge in [0.05, 0.1) is 24.9 Å². The number of hydrogen-bond acceptors (Lipinski definition) is 3. The Morgan fingerprint density at radius 1 is 0.944 bits per heavy atom. The van der Waals surface area contributed by atoms with Gasteiger partial charge in [-0.25, -0.2) is 0 Å². The van der Waals surface area contributed by atoms with Gasteiger partial charge in [0.2, 0.25) is 0 Å². The Kier molecular flexibility index (Phi) is 3.95. The number of ether oxygens (including phenoxy) is 2. The van der Waals surface area contributed by atoms with Gasteiger partial charge in [-0.2, -0.15) is 0 Å². The Bertz CT molecular complexity index is 521. The van der Waals surface area contributed by atoms with E-state index in [-0.39, 0.29) is 0 Å². The summed E-state index contributed by atoms with van der Waals surface area (Å²) in [7, 11) is 3.24. The van der Waals surface area contributed by atoms with Crippen LogP contribution in [0.25, 0.3) is 0 Å². The summed E-state index contributed by atoms with van der Waals surface area (Å²) in [5, 5.41) is 3.90. The molecule has 3 nitrogen and oxygen atoms in total. The van der Waals surface area contributed by atoms with E-state index < -0.39 is 0 Å². The minimum Gasteiger partial charge on any atom is -0.497 e. The first kappa shape index (κ1) is 12.6. The lowest BCUT2D eigenvalue weighted by molar-refractivity contribution is 0.395. The smallest absolute Gasteiger partial charge is 0.124 e. The van der Waals surface area contributed by atoms with E-state index in [1.54, 1.807) is 14.2 Å². The van der Waals surface area contributed by atoms with Crippen molar-refractivity contribution in [3.8, 4) is 11.5 Å². The van der Waals surface area contributed by atoms with Crippen molar-refractivity contribution in [2.45, 2.75) is 0 Å². The van der Waals surface area contributed by atoms with Gasteiger partial charge >= 0.3 is 0 Å². The highest BCUT2D eigenvalue weighted by Crippen LogP contribution is 2.30. The Balaban J connectivity index is 2.31. The van der Waals surface area contributed by atoms with E-state index in [1.165, 1.54) is 0 Å². The third kappa shape index (κ3) is 2.87. The summed E-state index contributed by atoms with van der Waals surface area (Å²) in [5.41, 5.74) is 1.70. The third-order valence-electron chi connectivity index (χ3n) is 2.50. The first-order chi connectivity index (χ1) is 8.72. The standard InChI is InChI=1S/C14H14ClNO2/c1-17-11-7-10(8-12(9-11)18-2)16-14-6-4-3-5-13(14)15/h3-9,16H,1-2H3. The van der Waals surface area contributed by atoms with Crippen LogP contribution < -0.4 is 14.8 Å². The van der Waals surface area contributed by atoms with Crippen LogP contribution in [0.4, 0.5) is 11.4 Å². The minimum atomic E-state index is 0.666. The number of nitrogens with one attached hydrogen (secondary N) is 1. The fourth-order valence-electron chi connectivity index (χ4n) is 1.60. The summed E-state index contributed by atoms with van der Waals surface area (Å²) < 4.78 is 10.4. The quantitative estimate of drug-likeness (QED) is 0.901. The van der Waals surface area contributed by atoms with Crippen LogP contribution in [-0.2, 0) is 0 Å². The van der Waals surface area contributed by atoms with Gasteiger partial charge in [0.15, 0.2) is 0 Å².